The number of rotatable bonds is 3. The molecule has 1 aromatic heterocycles. The molecule has 0 aliphatic carbocycles. The fourth-order valence-corrected chi connectivity index (χ4v) is 2.24. The lowest BCUT2D eigenvalue weighted by molar-refractivity contribution is 1.04. The molecule has 0 bridgehead atoms. The molecule has 1 N–H and O–H groups in total. The maximum Gasteiger partial charge on any atom is 0.0594 e. The van der Waals surface area contributed by atoms with Crippen LogP contribution in [0.1, 0.15) is 16.8 Å². The smallest absolute Gasteiger partial charge is 0.0594 e. The number of hydrogen-bond acceptors (Lipinski definition) is 2. The first kappa shape index (κ1) is 12.1. The van der Waals surface area contributed by atoms with Gasteiger partial charge in [-0.25, -0.2) is 0 Å². The minimum absolute atomic E-state index is 0.746. The zero-order chi connectivity index (χ0) is 12.3. The third-order valence-electron chi connectivity index (χ3n) is 2.49. The third-order valence-corrected chi connectivity index (χ3v) is 2.95. The van der Waals surface area contributed by atoms with E-state index in [-0.39, 0.29) is 0 Å². The van der Waals surface area contributed by atoms with E-state index in [1.807, 2.05) is 19.2 Å². The minimum atomic E-state index is 0.746. The maximum absolute atomic E-state index is 4.36. The molecule has 0 atom stereocenters. The zero-order valence-corrected chi connectivity index (χ0v) is 11.6. The fraction of sp³-hybridized carbons (Fsp3) is 0.214. The number of aryl methyl sites for hydroxylation is 2. The monoisotopic (exact) mass is 290 g/mol. The summed E-state index contributed by atoms with van der Waals surface area (Å²) >= 11 is 3.49. The fourth-order valence-electron chi connectivity index (χ4n) is 1.63. The number of hydrogen-bond donors (Lipinski definition) is 1. The van der Waals surface area contributed by atoms with Gasteiger partial charge in [0.15, 0.2) is 0 Å². The average Bonchev–Trinajstić information content (AvgIpc) is 2.27. The molecule has 0 fully saturated rings. The van der Waals surface area contributed by atoms with Crippen molar-refractivity contribution in [2.75, 3.05) is 5.32 Å². The normalized spacial score (nSPS) is 10.3. The van der Waals surface area contributed by atoms with Gasteiger partial charge in [-0.3, -0.25) is 4.98 Å². The van der Waals surface area contributed by atoms with Crippen molar-refractivity contribution in [1.29, 1.82) is 0 Å². The van der Waals surface area contributed by atoms with Gasteiger partial charge in [-0.2, -0.15) is 0 Å². The van der Waals surface area contributed by atoms with Crippen LogP contribution in [0.2, 0.25) is 0 Å². The summed E-state index contributed by atoms with van der Waals surface area (Å²) in [6, 6.07) is 10.4. The first-order valence-corrected chi connectivity index (χ1v) is 6.35. The van der Waals surface area contributed by atoms with Crippen molar-refractivity contribution in [3.8, 4) is 0 Å². The largest absolute Gasteiger partial charge is 0.379 e. The van der Waals surface area contributed by atoms with Gasteiger partial charge in [0.1, 0.15) is 0 Å². The molecule has 0 radical (unpaired) electrons. The van der Waals surface area contributed by atoms with Crippen LogP contribution in [0.3, 0.4) is 0 Å². The Hall–Kier alpha value is -1.35. The molecule has 0 unspecified atom stereocenters. The standard InChI is InChI=1S/C14H15BrN2/c1-10-3-4-13(16-8-10)9-17-14-6-11(2)5-12(15)7-14/h3-8,17H,9H2,1-2H3. The van der Waals surface area contributed by atoms with Crippen LogP contribution in [0.15, 0.2) is 41.0 Å². The van der Waals surface area contributed by atoms with Gasteiger partial charge in [0.25, 0.3) is 0 Å². The Morgan fingerprint density at radius 3 is 2.59 bits per heavy atom. The Morgan fingerprint density at radius 1 is 1.12 bits per heavy atom. The van der Waals surface area contributed by atoms with E-state index in [1.165, 1.54) is 11.1 Å². The van der Waals surface area contributed by atoms with Crippen molar-refractivity contribution < 1.29 is 0 Å². The van der Waals surface area contributed by atoms with Gasteiger partial charge < -0.3 is 5.32 Å². The summed E-state index contributed by atoms with van der Waals surface area (Å²) in [5.74, 6) is 0. The Bertz CT molecular complexity index is 486. The second-order valence-electron chi connectivity index (χ2n) is 4.20. The van der Waals surface area contributed by atoms with E-state index >= 15 is 0 Å². The molecule has 2 nitrogen and oxygen atoms in total. The average molecular weight is 291 g/mol. The van der Waals surface area contributed by atoms with Crippen molar-refractivity contribution in [2.45, 2.75) is 20.4 Å². The molecule has 0 saturated carbocycles. The topological polar surface area (TPSA) is 24.9 Å². The van der Waals surface area contributed by atoms with Crippen LogP contribution in [0.4, 0.5) is 5.69 Å². The summed E-state index contributed by atoms with van der Waals surface area (Å²) in [6.07, 6.45) is 1.89. The van der Waals surface area contributed by atoms with Gasteiger partial charge in [-0.05, 0) is 49.2 Å². The molecule has 2 aromatic rings. The molecule has 88 valence electrons. The summed E-state index contributed by atoms with van der Waals surface area (Å²) in [6.45, 7) is 4.87. The SMILES string of the molecule is Cc1ccc(CNc2cc(C)cc(Br)c2)nc1. The lowest BCUT2D eigenvalue weighted by atomic mass is 10.2. The molecule has 0 spiro atoms. The van der Waals surface area contributed by atoms with Crippen LogP contribution in [-0.4, -0.2) is 4.98 Å². The van der Waals surface area contributed by atoms with E-state index in [0.717, 1.165) is 22.4 Å². The molecule has 2 rings (SSSR count). The van der Waals surface area contributed by atoms with Gasteiger partial charge >= 0.3 is 0 Å². The zero-order valence-electron chi connectivity index (χ0n) is 10.00. The Morgan fingerprint density at radius 2 is 1.94 bits per heavy atom. The van der Waals surface area contributed by atoms with E-state index in [1.54, 1.807) is 0 Å². The van der Waals surface area contributed by atoms with Crippen molar-refractivity contribution in [3.05, 3.63) is 57.8 Å². The van der Waals surface area contributed by atoms with Crippen molar-refractivity contribution >= 4 is 21.6 Å². The number of nitrogens with zero attached hydrogens (tertiary/aromatic N) is 1. The van der Waals surface area contributed by atoms with Crippen molar-refractivity contribution in [2.24, 2.45) is 0 Å². The molecule has 0 aliphatic heterocycles. The molecule has 0 saturated heterocycles. The number of aromatic nitrogens is 1. The van der Waals surface area contributed by atoms with Gasteiger partial charge in [0.05, 0.1) is 12.2 Å². The van der Waals surface area contributed by atoms with Crippen molar-refractivity contribution in [1.82, 2.24) is 4.98 Å². The van der Waals surface area contributed by atoms with E-state index in [0.29, 0.717) is 0 Å². The van der Waals surface area contributed by atoms with E-state index in [9.17, 15) is 0 Å². The second-order valence-corrected chi connectivity index (χ2v) is 5.11. The quantitative estimate of drug-likeness (QED) is 0.922. The van der Waals surface area contributed by atoms with Crippen LogP contribution in [0, 0.1) is 13.8 Å². The van der Waals surface area contributed by atoms with E-state index in [2.05, 4.69) is 57.4 Å². The predicted molar refractivity (Wildman–Crippen MR) is 75.2 cm³/mol. The van der Waals surface area contributed by atoms with Gasteiger partial charge in [0, 0.05) is 16.4 Å². The van der Waals surface area contributed by atoms with Gasteiger partial charge in [-0.15, -0.1) is 0 Å². The molecule has 1 aromatic carbocycles. The first-order chi connectivity index (χ1) is 8.13. The molecule has 1 heterocycles. The summed E-state index contributed by atoms with van der Waals surface area (Å²) in [5, 5.41) is 3.37. The lowest BCUT2D eigenvalue weighted by Gasteiger charge is -2.07. The number of pyridine rings is 1. The third kappa shape index (κ3) is 3.56. The summed E-state index contributed by atoms with van der Waals surface area (Å²) in [5.41, 5.74) is 4.58. The highest BCUT2D eigenvalue weighted by atomic mass is 79.9. The highest BCUT2D eigenvalue weighted by Gasteiger charge is 1.98. The Kier molecular flexibility index (Phi) is 3.79. The van der Waals surface area contributed by atoms with Gasteiger partial charge in [0.2, 0.25) is 0 Å². The number of benzene rings is 1. The molecular formula is C14H15BrN2. The summed E-state index contributed by atoms with van der Waals surface area (Å²) in [4.78, 5) is 4.36. The second kappa shape index (κ2) is 5.32. The summed E-state index contributed by atoms with van der Waals surface area (Å²) < 4.78 is 1.09. The predicted octanol–water partition coefficient (Wildman–Crippen LogP) is 4.07. The van der Waals surface area contributed by atoms with E-state index in [4.69, 9.17) is 0 Å². The highest BCUT2D eigenvalue weighted by molar-refractivity contribution is 9.10. The molecule has 0 aliphatic rings. The molecule has 3 heteroatoms. The van der Waals surface area contributed by atoms with Crippen molar-refractivity contribution in [3.63, 3.8) is 0 Å². The minimum Gasteiger partial charge on any atom is -0.379 e. The summed E-state index contributed by atoms with van der Waals surface area (Å²) in [7, 11) is 0. The van der Waals surface area contributed by atoms with Crippen LogP contribution >= 0.6 is 15.9 Å². The highest BCUT2D eigenvalue weighted by Crippen LogP contribution is 2.19. The van der Waals surface area contributed by atoms with Crippen LogP contribution in [0.5, 0.6) is 0 Å². The Balaban J connectivity index is 2.04. The number of nitrogens with one attached hydrogen (secondary N) is 1. The van der Waals surface area contributed by atoms with Crippen LogP contribution < -0.4 is 5.32 Å². The van der Waals surface area contributed by atoms with Crippen LogP contribution in [0.25, 0.3) is 0 Å². The first-order valence-electron chi connectivity index (χ1n) is 5.56. The van der Waals surface area contributed by atoms with E-state index < -0.39 is 0 Å². The number of halogens is 1. The Labute approximate surface area is 110 Å². The van der Waals surface area contributed by atoms with Crippen LogP contribution in [-0.2, 0) is 6.54 Å². The molecule has 0 amide bonds. The molecule has 17 heavy (non-hydrogen) atoms. The lowest BCUT2D eigenvalue weighted by Crippen LogP contribution is -2.01. The van der Waals surface area contributed by atoms with Gasteiger partial charge in [-0.1, -0.05) is 22.0 Å². The molecular weight excluding hydrogens is 276 g/mol. The maximum atomic E-state index is 4.36. The number of anilines is 1.